The molecular weight excluding hydrogens is 711 g/mol. The van der Waals surface area contributed by atoms with Crippen LogP contribution in [-0.4, -0.2) is 115 Å². The standard InChI is InChI=1S/C17H22ClN5O2.C9H18N2O2.C8H6ClN3O.CH4/c1-11-9-12-13(14(18)21-11)19-10-20-15(12)22-5-7-23(8-6-22)16(24)25-17(2,3)4;1-9(2,3)13-8(12)11-6-4-10-5-7-11;1-4-2-5-6(7(9)12-4)10-3-11-8(5)13;/h9-10H,5-8H2,1-4H3;10H,4-7H2,1-3H3;2-3H,1H3,(H,10,11,13);1H4. The third-order valence-corrected chi connectivity index (χ3v) is 7.92. The quantitative estimate of drug-likeness (QED) is 0.224. The summed E-state index contributed by atoms with van der Waals surface area (Å²) in [6, 6.07) is 3.60. The molecule has 6 rings (SSSR count). The lowest BCUT2D eigenvalue weighted by Crippen LogP contribution is -2.50. The third-order valence-electron chi connectivity index (χ3n) is 7.40. The minimum absolute atomic E-state index is 0. The van der Waals surface area contributed by atoms with Crippen molar-refractivity contribution in [2.75, 3.05) is 57.3 Å². The van der Waals surface area contributed by atoms with Gasteiger partial charge in [-0.15, -0.1) is 0 Å². The van der Waals surface area contributed by atoms with Crippen LogP contribution in [0.2, 0.25) is 10.3 Å². The highest BCUT2D eigenvalue weighted by atomic mass is 35.5. The predicted molar refractivity (Wildman–Crippen MR) is 204 cm³/mol. The molecule has 2 saturated heterocycles. The number of carbonyl (C=O) groups excluding carboxylic acids is 2. The van der Waals surface area contributed by atoms with E-state index in [4.69, 9.17) is 32.7 Å². The van der Waals surface area contributed by atoms with E-state index in [0.717, 1.165) is 43.1 Å². The number of piperazine rings is 2. The van der Waals surface area contributed by atoms with Crippen LogP contribution in [0.5, 0.6) is 0 Å². The Bertz CT molecular complexity index is 1900. The first kappa shape index (κ1) is 42.1. The second-order valence-corrected chi connectivity index (χ2v) is 14.7. The van der Waals surface area contributed by atoms with Gasteiger partial charge in [-0.1, -0.05) is 30.6 Å². The fourth-order valence-electron chi connectivity index (χ4n) is 5.14. The molecule has 4 aromatic heterocycles. The van der Waals surface area contributed by atoms with Crippen molar-refractivity contribution in [1.82, 2.24) is 45.0 Å². The van der Waals surface area contributed by atoms with Gasteiger partial charge in [-0.05, 0) is 67.5 Å². The molecule has 17 heteroatoms. The van der Waals surface area contributed by atoms with E-state index in [1.165, 1.54) is 12.7 Å². The van der Waals surface area contributed by atoms with Gasteiger partial charge in [0, 0.05) is 69.1 Å². The predicted octanol–water partition coefficient (Wildman–Crippen LogP) is 5.79. The van der Waals surface area contributed by atoms with Gasteiger partial charge in [0.15, 0.2) is 10.3 Å². The van der Waals surface area contributed by atoms with Crippen molar-refractivity contribution >= 4 is 63.0 Å². The minimum Gasteiger partial charge on any atom is -0.444 e. The average molecular weight is 762 g/mol. The van der Waals surface area contributed by atoms with E-state index in [1.807, 2.05) is 54.5 Å². The zero-order valence-corrected chi connectivity index (χ0v) is 31.9. The molecule has 6 heterocycles. The van der Waals surface area contributed by atoms with E-state index in [1.54, 1.807) is 22.8 Å². The van der Waals surface area contributed by atoms with Crippen LogP contribution in [0.4, 0.5) is 15.4 Å². The average Bonchev–Trinajstić information content (AvgIpc) is 3.05. The molecule has 4 aromatic rings. The molecule has 2 aliphatic heterocycles. The monoisotopic (exact) mass is 760 g/mol. The van der Waals surface area contributed by atoms with E-state index in [0.29, 0.717) is 53.4 Å². The molecule has 284 valence electrons. The number of aromatic nitrogens is 6. The van der Waals surface area contributed by atoms with Gasteiger partial charge in [-0.25, -0.2) is 34.5 Å². The molecule has 2 fully saturated rings. The van der Waals surface area contributed by atoms with Crippen LogP contribution in [0.1, 0.15) is 60.4 Å². The molecule has 0 bridgehead atoms. The lowest BCUT2D eigenvalue weighted by Gasteiger charge is -2.36. The third kappa shape index (κ3) is 11.9. The van der Waals surface area contributed by atoms with Crippen molar-refractivity contribution in [3.63, 3.8) is 0 Å². The summed E-state index contributed by atoms with van der Waals surface area (Å²) in [4.78, 5) is 63.9. The smallest absolute Gasteiger partial charge is 0.410 e. The summed E-state index contributed by atoms with van der Waals surface area (Å²) in [5, 5.41) is 5.18. The minimum atomic E-state index is -0.488. The number of pyridine rings is 2. The zero-order chi connectivity index (χ0) is 37.5. The lowest BCUT2D eigenvalue weighted by molar-refractivity contribution is 0.0223. The number of fused-ring (bicyclic) bond motifs is 2. The molecule has 52 heavy (non-hydrogen) atoms. The Morgan fingerprint density at radius 2 is 1.21 bits per heavy atom. The number of aryl methyl sites for hydroxylation is 2. The zero-order valence-electron chi connectivity index (χ0n) is 30.3. The van der Waals surface area contributed by atoms with Crippen LogP contribution in [0.25, 0.3) is 21.8 Å². The van der Waals surface area contributed by atoms with Crippen LogP contribution in [0.3, 0.4) is 0 Å². The molecule has 0 atom stereocenters. The maximum Gasteiger partial charge on any atom is 0.410 e. The van der Waals surface area contributed by atoms with Gasteiger partial charge in [-0.3, -0.25) is 4.79 Å². The highest BCUT2D eigenvalue weighted by molar-refractivity contribution is 6.34. The van der Waals surface area contributed by atoms with Gasteiger partial charge < -0.3 is 34.5 Å². The number of nitrogens with one attached hydrogen (secondary N) is 2. The number of ether oxygens (including phenoxy) is 2. The maximum atomic E-state index is 12.2. The van der Waals surface area contributed by atoms with Crippen LogP contribution < -0.4 is 15.8 Å². The van der Waals surface area contributed by atoms with Crippen molar-refractivity contribution < 1.29 is 19.1 Å². The Hall–Kier alpha value is -4.34. The maximum absolute atomic E-state index is 12.2. The van der Waals surface area contributed by atoms with Gasteiger partial charge in [-0.2, -0.15) is 0 Å². The summed E-state index contributed by atoms with van der Waals surface area (Å²) >= 11 is 12.0. The molecule has 15 nitrogen and oxygen atoms in total. The van der Waals surface area contributed by atoms with Crippen molar-refractivity contribution in [2.45, 2.75) is 74.0 Å². The number of nitrogens with zero attached hydrogens (tertiary/aromatic N) is 8. The first-order chi connectivity index (χ1) is 23.9. The Morgan fingerprint density at radius 1 is 0.731 bits per heavy atom. The number of aromatic amines is 1. The number of amides is 2. The molecule has 0 saturated carbocycles. The first-order valence-corrected chi connectivity index (χ1v) is 17.4. The first-order valence-electron chi connectivity index (χ1n) is 16.6. The Balaban J connectivity index is 0.000000228. The van der Waals surface area contributed by atoms with Gasteiger partial charge in [0.2, 0.25) is 0 Å². The van der Waals surface area contributed by atoms with Crippen molar-refractivity contribution in [2.24, 2.45) is 0 Å². The van der Waals surface area contributed by atoms with Crippen molar-refractivity contribution in [1.29, 1.82) is 0 Å². The van der Waals surface area contributed by atoms with Crippen molar-refractivity contribution in [3.05, 3.63) is 56.8 Å². The number of hydrogen-bond donors (Lipinski definition) is 2. The summed E-state index contributed by atoms with van der Waals surface area (Å²) in [7, 11) is 0. The molecule has 2 amide bonds. The largest absolute Gasteiger partial charge is 0.444 e. The van der Waals surface area contributed by atoms with Crippen LogP contribution in [0.15, 0.2) is 29.6 Å². The molecule has 2 N–H and O–H groups in total. The van der Waals surface area contributed by atoms with E-state index < -0.39 is 5.60 Å². The second-order valence-electron chi connectivity index (χ2n) is 14.0. The van der Waals surface area contributed by atoms with Crippen LogP contribution in [-0.2, 0) is 9.47 Å². The highest BCUT2D eigenvalue weighted by Gasteiger charge is 2.27. The van der Waals surface area contributed by atoms with E-state index in [2.05, 4.69) is 40.1 Å². The number of anilines is 1. The topological polar surface area (TPSA) is 172 Å². The summed E-state index contributed by atoms with van der Waals surface area (Å²) in [5.41, 5.74) is 1.54. The van der Waals surface area contributed by atoms with E-state index in [-0.39, 0.29) is 35.9 Å². The molecule has 0 aliphatic carbocycles. The second kappa shape index (κ2) is 17.9. The lowest BCUT2D eigenvalue weighted by atomic mass is 10.2. The number of rotatable bonds is 1. The van der Waals surface area contributed by atoms with E-state index >= 15 is 0 Å². The number of H-pyrrole nitrogens is 1. The molecule has 0 unspecified atom stereocenters. The van der Waals surface area contributed by atoms with Gasteiger partial charge in [0.25, 0.3) is 5.56 Å². The molecule has 0 spiro atoms. The van der Waals surface area contributed by atoms with E-state index in [9.17, 15) is 14.4 Å². The fraction of sp³-hybridized carbons (Fsp3) is 0.543. The van der Waals surface area contributed by atoms with Crippen molar-refractivity contribution in [3.8, 4) is 0 Å². The summed E-state index contributed by atoms with van der Waals surface area (Å²) in [6.45, 7) is 20.6. The summed E-state index contributed by atoms with van der Waals surface area (Å²) in [6.07, 6.45) is 2.34. The summed E-state index contributed by atoms with van der Waals surface area (Å²) < 4.78 is 10.7. The van der Waals surface area contributed by atoms with Gasteiger partial charge in [0.05, 0.1) is 11.7 Å². The number of carbonyl (C=O) groups is 2. The molecule has 0 aromatic carbocycles. The Labute approximate surface area is 314 Å². The Morgan fingerprint density at radius 3 is 1.73 bits per heavy atom. The number of hydrogen-bond acceptors (Lipinski definition) is 12. The molecule has 0 radical (unpaired) electrons. The van der Waals surface area contributed by atoms with Gasteiger partial charge >= 0.3 is 12.2 Å². The van der Waals surface area contributed by atoms with Crippen LogP contribution in [0, 0.1) is 13.8 Å². The SMILES string of the molecule is C.CC(C)(C)OC(=O)N1CCNCC1.Cc1cc2c(=O)[nH]cnc2c(Cl)n1.Cc1cc2c(N3CCN(C(=O)OC(C)(C)C)CC3)ncnc2c(Cl)n1. The number of halogens is 2. The highest BCUT2D eigenvalue weighted by Crippen LogP contribution is 2.28. The normalized spacial score (nSPS) is 14.8. The molecule has 2 aliphatic rings. The summed E-state index contributed by atoms with van der Waals surface area (Å²) in [5.74, 6) is 0.821. The van der Waals surface area contributed by atoms with Gasteiger partial charge in [0.1, 0.15) is 34.4 Å². The van der Waals surface area contributed by atoms with Crippen LogP contribution >= 0.6 is 23.2 Å². The Kier molecular flexibility index (Phi) is 14.5. The molecular formula is C35H50Cl2N10O5. The fourth-order valence-corrected chi connectivity index (χ4v) is 5.71.